The van der Waals surface area contributed by atoms with E-state index in [9.17, 15) is 0 Å². The zero-order valence-corrected chi connectivity index (χ0v) is 12.7. The van der Waals surface area contributed by atoms with E-state index in [1.54, 1.807) is 0 Å². The van der Waals surface area contributed by atoms with E-state index in [0.29, 0.717) is 6.54 Å². The molecule has 1 aliphatic rings. The first kappa shape index (κ1) is 14.5. The molecule has 2 heterocycles. The maximum absolute atomic E-state index is 6.03. The van der Waals surface area contributed by atoms with Crippen LogP contribution >= 0.6 is 0 Å². The number of ether oxygens (including phenoxy) is 1. The minimum Gasteiger partial charge on any atom is -0.370 e. The highest BCUT2D eigenvalue weighted by Crippen LogP contribution is 2.29. The number of morpholine rings is 1. The summed E-state index contributed by atoms with van der Waals surface area (Å²) in [6.45, 7) is 10.9. The number of aryl methyl sites for hydroxylation is 1. The summed E-state index contributed by atoms with van der Waals surface area (Å²) in [5.41, 5.74) is 8.32. The van der Waals surface area contributed by atoms with Gasteiger partial charge in [-0.25, -0.2) is 0 Å². The fourth-order valence-electron chi connectivity index (χ4n) is 3.06. The molecule has 1 fully saturated rings. The van der Waals surface area contributed by atoms with Crippen molar-refractivity contribution in [3.63, 3.8) is 0 Å². The van der Waals surface area contributed by atoms with Crippen molar-refractivity contribution in [3.8, 4) is 0 Å². The highest BCUT2D eigenvalue weighted by molar-refractivity contribution is 5.21. The van der Waals surface area contributed by atoms with Crippen molar-refractivity contribution in [2.24, 2.45) is 12.8 Å². The summed E-state index contributed by atoms with van der Waals surface area (Å²) < 4.78 is 7.88. The average molecular weight is 266 g/mol. The summed E-state index contributed by atoms with van der Waals surface area (Å²) in [6.07, 6.45) is 2.18. The molecule has 0 radical (unpaired) electrons. The van der Waals surface area contributed by atoms with Crippen LogP contribution in [0, 0.1) is 6.92 Å². The molecule has 0 bridgehead atoms. The molecule has 0 spiro atoms. The van der Waals surface area contributed by atoms with Crippen LogP contribution in [0.25, 0.3) is 0 Å². The lowest BCUT2D eigenvalue weighted by atomic mass is 10.00. The number of hydrogen-bond donors (Lipinski definition) is 1. The van der Waals surface area contributed by atoms with E-state index < -0.39 is 0 Å². The molecule has 1 aromatic rings. The lowest BCUT2D eigenvalue weighted by Crippen LogP contribution is -2.53. The van der Waals surface area contributed by atoms with Crippen LogP contribution < -0.4 is 5.73 Å². The van der Waals surface area contributed by atoms with Crippen molar-refractivity contribution in [1.82, 2.24) is 14.7 Å². The second kappa shape index (κ2) is 5.23. The van der Waals surface area contributed by atoms with Crippen LogP contribution in [0.15, 0.2) is 6.20 Å². The molecule has 1 aromatic heterocycles. The zero-order chi connectivity index (χ0) is 14.2. The van der Waals surface area contributed by atoms with Gasteiger partial charge in [-0.2, -0.15) is 5.10 Å². The van der Waals surface area contributed by atoms with E-state index in [0.717, 1.165) is 13.1 Å². The Morgan fingerprint density at radius 1 is 1.58 bits per heavy atom. The van der Waals surface area contributed by atoms with E-state index in [1.165, 1.54) is 11.3 Å². The Bertz CT molecular complexity index is 441. The molecule has 1 saturated heterocycles. The standard InChI is InChI=1S/C14H26N4O/c1-10-8-18(9-14(3,4)19-10)13(6-15)12-7-16-17(5)11(12)2/h7,10,13H,6,8-9,15H2,1-5H3. The predicted octanol–water partition coefficient (Wildman–Crippen LogP) is 1.23. The summed E-state index contributed by atoms with van der Waals surface area (Å²) in [5.74, 6) is 0. The van der Waals surface area contributed by atoms with Gasteiger partial charge in [-0.3, -0.25) is 9.58 Å². The van der Waals surface area contributed by atoms with Crippen molar-refractivity contribution in [3.05, 3.63) is 17.5 Å². The van der Waals surface area contributed by atoms with Gasteiger partial charge in [0.25, 0.3) is 0 Å². The molecule has 2 rings (SSSR count). The highest BCUT2D eigenvalue weighted by Gasteiger charge is 2.35. The number of rotatable bonds is 3. The summed E-state index contributed by atoms with van der Waals surface area (Å²) in [6, 6.07) is 0.222. The number of aromatic nitrogens is 2. The molecule has 0 aliphatic carbocycles. The van der Waals surface area contributed by atoms with Gasteiger partial charge in [-0.15, -0.1) is 0 Å². The lowest BCUT2D eigenvalue weighted by Gasteiger charge is -2.45. The largest absolute Gasteiger partial charge is 0.370 e. The molecule has 5 heteroatoms. The van der Waals surface area contributed by atoms with E-state index in [2.05, 4.69) is 37.7 Å². The van der Waals surface area contributed by atoms with Crippen molar-refractivity contribution < 1.29 is 4.74 Å². The lowest BCUT2D eigenvalue weighted by molar-refractivity contribution is -0.137. The first-order chi connectivity index (χ1) is 8.84. The van der Waals surface area contributed by atoms with Crippen LogP contribution in [0.2, 0.25) is 0 Å². The second-order valence-electron chi connectivity index (χ2n) is 6.18. The Balaban J connectivity index is 2.24. The molecule has 108 valence electrons. The van der Waals surface area contributed by atoms with Gasteiger partial charge >= 0.3 is 0 Å². The van der Waals surface area contributed by atoms with Crippen molar-refractivity contribution in [2.45, 2.75) is 45.4 Å². The normalized spacial score (nSPS) is 25.5. The number of nitrogens with zero attached hydrogens (tertiary/aromatic N) is 3. The van der Waals surface area contributed by atoms with Gasteiger partial charge in [0.2, 0.25) is 0 Å². The van der Waals surface area contributed by atoms with Gasteiger partial charge in [0, 0.05) is 37.9 Å². The van der Waals surface area contributed by atoms with E-state index >= 15 is 0 Å². The quantitative estimate of drug-likeness (QED) is 0.894. The molecule has 1 aliphatic heterocycles. The SMILES string of the molecule is Cc1c(C(CN)N2CC(C)OC(C)(C)C2)cnn1C. The first-order valence-corrected chi connectivity index (χ1v) is 6.94. The molecule has 0 amide bonds. The third kappa shape index (κ3) is 2.99. The Morgan fingerprint density at radius 3 is 2.74 bits per heavy atom. The summed E-state index contributed by atoms with van der Waals surface area (Å²) in [4.78, 5) is 2.43. The molecular formula is C14H26N4O. The van der Waals surface area contributed by atoms with Crippen LogP contribution in [0.3, 0.4) is 0 Å². The van der Waals surface area contributed by atoms with Crippen molar-refractivity contribution in [2.75, 3.05) is 19.6 Å². The van der Waals surface area contributed by atoms with Gasteiger partial charge in [0.15, 0.2) is 0 Å². The maximum atomic E-state index is 6.03. The second-order valence-corrected chi connectivity index (χ2v) is 6.18. The fourth-order valence-corrected chi connectivity index (χ4v) is 3.06. The number of hydrogen-bond acceptors (Lipinski definition) is 4. The number of nitrogens with two attached hydrogens (primary N) is 1. The monoisotopic (exact) mass is 266 g/mol. The zero-order valence-electron chi connectivity index (χ0n) is 12.7. The minimum absolute atomic E-state index is 0.124. The molecule has 19 heavy (non-hydrogen) atoms. The predicted molar refractivity (Wildman–Crippen MR) is 75.9 cm³/mol. The Morgan fingerprint density at radius 2 is 2.26 bits per heavy atom. The smallest absolute Gasteiger partial charge is 0.0757 e. The maximum Gasteiger partial charge on any atom is 0.0757 e. The summed E-state index contributed by atoms with van der Waals surface area (Å²) in [5, 5.41) is 4.34. The molecule has 0 saturated carbocycles. The van der Waals surface area contributed by atoms with Crippen LogP contribution in [0.4, 0.5) is 0 Å². The van der Waals surface area contributed by atoms with Crippen LogP contribution in [-0.4, -0.2) is 46.0 Å². The summed E-state index contributed by atoms with van der Waals surface area (Å²) >= 11 is 0. The molecule has 2 atom stereocenters. The first-order valence-electron chi connectivity index (χ1n) is 6.94. The molecule has 0 aromatic carbocycles. The summed E-state index contributed by atoms with van der Waals surface area (Å²) in [7, 11) is 1.97. The van der Waals surface area contributed by atoms with Crippen LogP contribution in [0.1, 0.15) is 38.1 Å². The van der Waals surface area contributed by atoms with Gasteiger partial charge < -0.3 is 10.5 Å². The molecule has 2 unspecified atom stereocenters. The van der Waals surface area contributed by atoms with Crippen molar-refractivity contribution >= 4 is 0 Å². The Hall–Kier alpha value is -0.910. The van der Waals surface area contributed by atoms with E-state index in [4.69, 9.17) is 10.5 Å². The highest BCUT2D eigenvalue weighted by atomic mass is 16.5. The van der Waals surface area contributed by atoms with Gasteiger partial charge in [-0.1, -0.05) is 0 Å². The Kier molecular flexibility index (Phi) is 3.99. The average Bonchev–Trinajstić information content (AvgIpc) is 2.59. The van der Waals surface area contributed by atoms with Gasteiger partial charge in [0.05, 0.1) is 23.9 Å². The van der Waals surface area contributed by atoms with Crippen LogP contribution in [-0.2, 0) is 11.8 Å². The van der Waals surface area contributed by atoms with Crippen LogP contribution in [0.5, 0.6) is 0 Å². The van der Waals surface area contributed by atoms with Crippen molar-refractivity contribution in [1.29, 1.82) is 0 Å². The molecule has 2 N–H and O–H groups in total. The van der Waals surface area contributed by atoms with Gasteiger partial charge in [-0.05, 0) is 27.7 Å². The molecule has 5 nitrogen and oxygen atoms in total. The Labute approximate surface area is 115 Å². The topological polar surface area (TPSA) is 56.3 Å². The third-order valence-corrected chi connectivity index (χ3v) is 3.89. The fraction of sp³-hybridized carbons (Fsp3) is 0.786. The third-order valence-electron chi connectivity index (χ3n) is 3.89. The van der Waals surface area contributed by atoms with Gasteiger partial charge in [0.1, 0.15) is 0 Å². The van der Waals surface area contributed by atoms with E-state index in [-0.39, 0.29) is 17.7 Å². The minimum atomic E-state index is -0.124. The molecular weight excluding hydrogens is 240 g/mol. The van der Waals surface area contributed by atoms with E-state index in [1.807, 2.05) is 17.9 Å².